The lowest BCUT2D eigenvalue weighted by Crippen LogP contribution is -2.42. The number of hydrogen-bond acceptors (Lipinski definition) is 11. The van der Waals surface area contributed by atoms with Crippen LogP contribution in [0.4, 0.5) is 0 Å². The highest BCUT2D eigenvalue weighted by Crippen LogP contribution is 2.45. The Bertz CT molecular complexity index is 1170. The lowest BCUT2D eigenvalue weighted by molar-refractivity contribution is -0.161. The largest absolute Gasteiger partial charge is 0.472 e. The van der Waals surface area contributed by atoms with E-state index in [0.717, 1.165) is 51.4 Å². The van der Waals surface area contributed by atoms with Crippen molar-refractivity contribution in [2.24, 2.45) is 0 Å². The Morgan fingerprint density at radius 1 is 0.556 bits per heavy atom. The van der Waals surface area contributed by atoms with Crippen molar-refractivity contribution >= 4 is 19.8 Å². The van der Waals surface area contributed by atoms with Crippen LogP contribution < -0.4 is 0 Å². The number of carbonyl (C=O) groups excluding carboxylic acids is 2. The SMILES string of the molecule is [2H]C(OC(=O)CCCCCCCCCCCCCCCCC)[C@H](COP(=O)(O)O[C@H](CO)[C@@H](O)[C@H](O)CO)OC(=O)CCCC/C=C\CCCCCCCCCC/C=C\CCCCC. The van der Waals surface area contributed by atoms with Crippen molar-refractivity contribution in [3.8, 4) is 0 Å². The first-order chi connectivity index (χ1) is 31.0. The minimum absolute atomic E-state index is 0.00495. The molecule has 0 bridgehead atoms. The van der Waals surface area contributed by atoms with Crippen LogP contribution in [-0.4, -0.2) is 88.1 Å². The zero-order valence-corrected chi connectivity index (χ0v) is 40.8. The molecule has 0 heterocycles. The van der Waals surface area contributed by atoms with Gasteiger partial charge in [0.2, 0.25) is 0 Å². The Labute approximate surface area is 385 Å². The number of phosphoric acid groups is 1. The Balaban J connectivity index is 4.61. The monoisotopic (exact) mass is 920 g/mol. The second-order valence-electron chi connectivity index (χ2n) is 17.3. The third kappa shape index (κ3) is 41.5. The number of aliphatic hydroxyl groups excluding tert-OH is 4. The average molecular weight is 920 g/mol. The minimum Gasteiger partial charge on any atom is -0.462 e. The van der Waals surface area contributed by atoms with Gasteiger partial charge in [0.25, 0.3) is 0 Å². The van der Waals surface area contributed by atoms with Crippen LogP contribution in [0.5, 0.6) is 0 Å². The molecule has 2 unspecified atom stereocenters. The molecular formula is C50H95O12P. The standard InChI is InChI=1S/C50H95O12P/c1-3-5-7-9-11-13-15-17-19-20-21-22-23-24-26-28-30-32-34-36-38-40-49(55)61-45(44-60-63(57,58)62-47(42-52)50(56)46(53)41-51)43-59-48(54)39-37-35-33-31-29-27-25-18-16-14-12-10-8-6-4-2/h11,13,30,32,45-47,50-53,56H,3-10,12,14-29,31,33-44H2,1-2H3,(H,57,58)/b13-11-,32-30-/t45-,46-,47-,50+/m1/s1/i43D/t43?,45-,46-,47-,50+. The molecule has 13 heteroatoms. The molecule has 0 aliphatic carbocycles. The highest BCUT2D eigenvalue weighted by Gasteiger charge is 2.35. The van der Waals surface area contributed by atoms with E-state index in [9.17, 15) is 34.4 Å². The molecule has 63 heavy (non-hydrogen) atoms. The van der Waals surface area contributed by atoms with E-state index in [2.05, 4.69) is 38.2 Å². The summed E-state index contributed by atoms with van der Waals surface area (Å²) in [6.07, 6.45) is 39.2. The van der Waals surface area contributed by atoms with Crippen LogP contribution >= 0.6 is 7.82 Å². The van der Waals surface area contributed by atoms with E-state index in [4.69, 9.17) is 25.0 Å². The molecule has 0 aliphatic rings. The van der Waals surface area contributed by atoms with Gasteiger partial charge in [-0.2, -0.15) is 0 Å². The summed E-state index contributed by atoms with van der Waals surface area (Å²) in [5, 5.41) is 38.3. The van der Waals surface area contributed by atoms with Gasteiger partial charge in [0.05, 0.1) is 21.2 Å². The first-order valence-corrected chi connectivity index (χ1v) is 26.9. The molecule has 5 N–H and O–H groups in total. The van der Waals surface area contributed by atoms with E-state index < -0.39 is 70.6 Å². The number of hydrogen-bond donors (Lipinski definition) is 5. The molecule has 6 atom stereocenters. The first-order valence-electron chi connectivity index (χ1n) is 25.9. The molecule has 0 saturated carbocycles. The van der Waals surface area contributed by atoms with Gasteiger partial charge < -0.3 is 34.8 Å². The Morgan fingerprint density at radius 2 is 0.921 bits per heavy atom. The molecule has 0 aromatic rings. The van der Waals surface area contributed by atoms with E-state index in [1.165, 1.54) is 141 Å². The molecule has 0 radical (unpaired) electrons. The molecule has 0 aliphatic heterocycles. The van der Waals surface area contributed by atoms with Crippen LogP contribution in [0.2, 0.25) is 0 Å². The molecule has 0 aromatic carbocycles. The third-order valence-corrected chi connectivity index (χ3v) is 12.2. The highest BCUT2D eigenvalue weighted by molar-refractivity contribution is 7.47. The van der Waals surface area contributed by atoms with E-state index in [-0.39, 0.29) is 12.8 Å². The molecule has 0 fully saturated rings. The van der Waals surface area contributed by atoms with Crippen molar-refractivity contribution in [3.05, 3.63) is 24.3 Å². The summed E-state index contributed by atoms with van der Waals surface area (Å²) in [5.74, 6) is -1.37. The van der Waals surface area contributed by atoms with Gasteiger partial charge in [-0.25, -0.2) is 4.57 Å². The smallest absolute Gasteiger partial charge is 0.462 e. The third-order valence-electron chi connectivity index (χ3n) is 11.2. The van der Waals surface area contributed by atoms with E-state index >= 15 is 0 Å². The lowest BCUT2D eigenvalue weighted by Gasteiger charge is -2.26. The van der Waals surface area contributed by atoms with Gasteiger partial charge in [0.15, 0.2) is 6.10 Å². The second kappa shape index (κ2) is 45.5. The van der Waals surface area contributed by atoms with Crippen LogP contribution in [0.1, 0.15) is 234 Å². The molecule has 0 spiro atoms. The molecule has 372 valence electrons. The number of unbranched alkanes of at least 4 members (excludes halogenated alkanes) is 28. The quantitative estimate of drug-likeness (QED) is 0.0168. The summed E-state index contributed by atoms with van der Waals surface area (Å²) in [4.78, 5) is 35.7. The predicted octanol–water partition coefficient (Wildman–Crippen LogP) is 12.1. The molecule has 12 nitrogen and oxygen atoms in total. The number of ether oxygens (including phenoxy) is 2. The maximum absolute atomic E-state index is 12.8. The van der Waals surface area contributed by atoms with Crippen LogP contribution in [0.25, 0.3) is 0 Å². The van der Waals surface area contributed by atoms with Gasteiger partial charge in [-0.15, -0.1) is 0 Å². The Kier molecular flexibility index (Phi) is 42.9. The van der Waals surface area contributed by atoms with Gasteiger partial charge in [0.1, 0.15) is 24.9 Å². The van der Waals surface area contributed by atoms with Crippen LogP contribution in [0.15, 0.2) is 24.3 Å². The number of esters is 2. The van der Waals surface area contributed by atoms with Crippen molar-refractivity contribution in [1.29, 1.82) is 0 Å². The molecular weight excluding hydrogens is 824 g/mol. The molecule has 0 aromatic heterocycles. The summed E-state index contributed by atoms with van der Waals surface area (Å²) in [6.45, 7) is -0.0869. The number of aliphatic hydroxyl groups is 4. The fourth-order valence-electron chi connectivity index (χ4n) is 7.21. The van der Waals surface area contributed by atoms with E-state index in [1.807, 2.05) is 0 Å². The summed E-state index contributed by atoms with van der Waals surface area (Å²) in [5.41, 5.74) is 0. The maximum Gasteiger partial charge on any atom is 0.472 e. The topological polar surface area (TPSA) is 189 Å². The minimum atomic E-state index is -5.08. The fourth-order valence-corrected chi connectivity index (χ4v) is 8.14. The molecule has 0 amide bonds. The number of carbonyl (C=O) groups is 2. The normalized spacial score (nSPS) is 15.6. The molecule has 0 rings (SSSR count). The van der Waals surface area contributed by atoms with Gasteiger partial charge >= 0.3 is 19.8 Å². The fraction of sp³-hybridized carbons (Fsp3) is 0.880. The Morgan fingerprint density at radius 3 is 1.37 bits per heavy atom. The summed E-state index contributed by atoms with van der Waals surface area (Å²) in [6, 6.07) is 0. The predicted molar refractivity (Wildman–Crippen MR) is 254 cm³/mol. The first kappa shape index (κ1) is 59.4. The zero-order chi connectivity index (χ0) is 47.4. The van der Waals surface area contributed by atoms with Crippen LogP contribution in [0, 0.1) is 0 Å². The van der Waals surface area contributed by atoms with Crippen molar-refractivity contribution in [2.45, 2.75) is 257 Å². The number of phosphoric ester groups is 1. The van der Waals surface area contributed by atoms with Gasteiger partial charge in [-0.1, -0.05) is 179 Å². The van der Waals surface area contributed by atoms with Gasteiger partial charge in [-0.05, 0) is 64.2 Å². The van der Waals surface area contributed by atoms with Crippen molar-refractivity contribution in [2.75, 3.05) is 26.4 Å². The van der Waals surface area contributed by atoms with Gasteiger partial charge in [-0.3, -0.25) is 18.6 Å². The lowest BCUT2D eigenvalue weighted by atomic mass is 10.0. The maximum atomic E-state index is 12.8. The summed E-state index contributed by atoms with van der Waals surface area (Å²) in [7, 11) is -5.08. The van der Waals surface area contributed by atoms with Gasteiger partial charge in [0, 0.05) is 12.8 Å². The second-order valence-corrected chi connectivity index (χ2v) is 18.7. The summed E-state index contributed by atoms with van der Waals surface area (Å²) >= 11 is 0. The highest BCUT2D eigenvalue weighted by atomic mass is 31.2. The number of rotatable bonds is 48. The van der Waals surface area contributed by atoms with Crippen LogP contribution in [-0.2, 0) is 32.7 Å². The van der Waals surface area contributed by atoms with Crippen molar-refractivity contribution in [1.82, 2.24) is 0 Å². The van der Waals surface area contributed by atoms with E-state index in [1.54, 1.807) is 0 Å². The van der Waals surface area contributed by atoms with Crippen LogP contribution in [0.3, 0.4) is 0 Å². The molecule has 0 saturated heterocycles. The average Bonchev–Trinajstić information content (AvgIpc) is 3.28. The zero-order valence-electron chi connectivity index (χ0n) is 40.9. The van der Waals surface area contributed by atoms with E-state index in [0.29, 0.717) is 12.8 Å². The van der Waals surface area contributed by atoms with Crippen molar-refractivity contribution < 1.29 is 59.4 Å². The van der Waals surface area contributed by atoms with Crippen molar-refractivity contribution in [3.63, 3.8) is 0 Å². The number of allylic oxidation sites excluding steroid dienone is 4. The Hall–Kier alpha value is -1.63. The summed E-state index contributed by atoms with van der Waals surface area (Å²) < 4.78 is 41.6.